The van der Waals surface area contributed by atoms with Crippen molar-refractivity contribution in [1.29, 1.82) is 0 Å². The van der Waals surface area contributed by atoms with E-state index in [1.54, 1.807) is 0 Å². The number of rotatable bonds is 6. The van der Waals surface area contributed by atoms with Crippen molar-refractivity contribution in [2.75, 3.05) is 20.1 Å². The van der Waals surface area contributed by atoms with Crippen molar-refractivity contribution in [3.05, 3.63) is 84.4 Å². The monoisotopic (exact) mass is 263 g/mol. The predicted octanol–water partition coefficient (Wildman–Crippen LogP) is 4.35. The van der Waals surface area contributed by atoms with Gasteiger partial charge < -0.3 is 0 Å². The molecule has 0 fully saturated rings. The Balaban J connectivity index is 2.29. The molecule has 0 heterocycles. The van der Waals surface area contributed by atoms with E-state index in [2.05, 4.69) is 79.2 Å². The topological polar surface area (TPSA) is 3.24 Å². The van der Waals surface area contributed by atoms with Gasteiger partial charge in [0, 0.05) is 13.1 Å². The molecule has 0 saturated carbocycles. The molecular weight excluding hydrogens is 242 g/mol. The maximum Gasteiger partial charge on any atom is 0.0240 e. The molecule has 0 N–H and O–H groups in total. The van der Waals surface area contributed by atoms with Crippen LogP contribution in [0.15, 0.2) is 73.3 Å². The van der Waals surface area contributed by atoms with Crippen LogP contribution in [0.1, 0.15) is 11.1 Å². The lowest BCUT2D eigenvalue weighted by molar-refractivity contribution is 0.419. The quantitative estimate of drug-likeness (QED) is 0.553. The van der Waals surface area contributed by atoms with Gasteiger partial charge >= 0.3 is 0 Å². The summed E-state index contributed by atoms with van der Waals surface area (Å²) in [5.74, 6) is 0. The molecule has 1 heteroatoms. The molecule has 0 atom stereocenters. The molecule has 102 valence electrons. The minimum atomic E-state index is 0.888. The first-order chi connectivity index (χ1) is 9.79. The molecule has 0 aromatic heterocycles. The van der Waals surface area contributed by atoms with Crippen LogP contribution in [0.25, 0.3) is 11.6 Å². The van der Waals surface area contributed by atoms with E-state index in [-0.39, 0.29) is 0 Å². The Morgan fingerprint density at radius 3 is 2.20 bits per heavy atom. The van der Waals surface area contributed by atoms with Gasteiger partial charge in [0.25, 0.3) is 0 Å². The van der Waals surface area contributed by atoms with E-state index >= 15 is 0 Å². The Labute approximate surface area is 121 Å². The van der Waals surface area contributed by atoms with Gasteiger partial charge in [0.15, 0.2) is 0 Å². The highest BCUT2D eigenvalue weighted by Gasteiger charge is 2.05. The third-order valence-electron chi connectivity index (χ3n) is 3.17. The number of benzene rings is 2. The minimum absolute atomic E-state index is 0.888. The second kappa shape index (κ2) is 7.46. The van der Waals surface area contributed by atoms with Crippen molar-refractivity contribution >= 4 is 11.6 Å². The maximum atomic E-state index is 3.80. The van der Waals surface area contributed by atoms with E-state index in [4.69, 9.17) is 0 Å². The summed E-state index contributed by atoms with van der Waals surface area (Å²) in [6.45, 7) is 5.60. The van der Waals surface area contributed by atoms with Crippen molar-refractivity contribution < 1.29 is 0 Å². The molecule has 0 aliphatic rings. The van der Waals surface area contributed by atoms with Crippen LogP contribution in [0.4, 0.5) is 0 Å². The Morgan fingerprint density at radius 2 is 1.60 bits per heavy atom. The molecule has 20 heavy (non-hydrogen) atoms. The van der Waals surface area contributed by atoms with E-state index in [1.165, 1.54) is 16.7 Å². The molecule has 2 rings (SSSR count). The number of likely N-dealkylation sites (N-methyl/N-ethyl adjacent to an activating group) is 1. The van der Waals surface area contributed by atoms with E-state index in [9.17, 15) is 0 Å². The van der Waals surface area contributed by atoms with Crippen LogP contribution in [0.5, 0.6) is 0 Å². The van der Waals surface area contributed by atoms with Crippen LogP contribution < -0.4 is 0 Å². The van der Waals surface area contributed by atoms with E-state index in [0.717, 1.165) is 13.1 Å². The van der Waals surface area contributed by atoms with Crippen molar-refractivity contribution in [3.63, 3.8) is 0 Å². The molecule has 0 amide bonds. The minimum Gasteiger partial charge on any atom is -0.298 e. The van der Waals surface area contributed by atoms with Gasteiger partial charge in [-0.3, -0.25) is 4.90 Å². The smallest absolute Gasteiger partial charge is 0.0240 e. The lowest BCUT2D eigenvalue weighted by Gasteiger charge is -2.17. The first-order valence-electron chi connectivity index (χ1n) is 6.90. The molecule has 1 nitrogen and oxygen atoms in total. The van der Waals surface area contributed by atoms with Crippen LogP contribution in [0, 0.1) is 0 Å². The van der Waals surface area contributed by atoms with Gasteiger partial charge in [0.05, 0.1) is 0 Å². The average Bonchev–Trinajstić information content (AvgIpc) is 2.49. The first-order valence-corrected chi connectivity index (χ1v) is 6.90. The zero-order valence-corrected chi connectivity index (χ0v) is 12.0. The third kappa shape index (κ3) is 4.22. The van der Waals surface area contributed by atoms with E-state index in [0.29, 0.717) is 0 Å². The number of nitrogens with zero attached hydrogens (tertiary/aromatic N) is 1. The highest BCUT2D eigenvalue weighted by molar-refractivity contribution is 5.82. The fraction of sp³-hybridized carbons (Fsp3) is 0.158. The second-order valence-corrected chi connectivity index (χ2v) is 4.93. The van der Waals surface area contributed by atoms with Crippen LogP contribution in [-0.4, -0.2) is 25.0 Å². The van der Waals surface area contributed by atoms with Crippen LogP contribution in [0.2, 0.25) is 0 Å². The Kier molecular flexibility index (Phi) is 5.33. The van der Waals surface area contributed by atoms with Gasteiger partial charge in [-0.2, -0.15) is 0 Å². The fourth-order valence-corrected chi connectivity index (χ4v) is 2.20. The van der Waals surface area contributed by atoms with Gasteiger partial charge in [0.1, 0.15) is 0 Å². The normalized spacial score (nSPS) is 11.6. The van der Waals surface area contributed by atoms with Crippen molar-refractivity contribution in [1.82, 2.24) is 4.90 Å². The molecule has 0 saturated heterocycles. The number of hydrogen-bond donors (Lipinski definition) is 0. The maximum absolute atomic E-state index is 3.80. The lowest BCUT2D eigenvalue weighted by atomic mass is 10.0. The molecule has 0 unspecified atom stereocenters. The molecule has 0 radical (unpaired) electrons. The van der Waals surface area contributed by atoms with Crippen LogP contribution in [-0.2, 0) is 0 Å². The average molecular weight is 263 g/mol. The second-order valence-electron chi connectivity index (χ2n) is 4.93. The summed E-state index contributed by atoms with van der Waals surface area (Å²) in [5, 5.41) is 0. The SMILES string of the molecule is C=CCN(C)C/C(=C\c1ccccc1)c1ccccc1. The van der Waals surface area contributed by atoms with E-state index in [1.807, 2.05) is 12.1 Å². The van der Waals surface area contributed by atoms with Crippen LogP contribution >= 0.6 is 0 Å². The van der Waals surface area contributed by atoms with E-state index < -0.39 is 0 Å². The summed E-state index contributed by atoms with van der Waals surface area (Å²) < 4.78 is 0. The highest BCUT2D eigenvalue weighted by Crippen LogP contribution is 2.19. The highest BCUT2D eigenvalue weighted by atomic mass is 15.1. The molecule has 2 aromatic carbocycles. The molecule has 0 aliphatic heterocycles. The first kappa shape index (κ1) is 14.3. The molecule has 2 aromatic rings. The molecule has 0 aliphatic carbocycles. The summed E-state index contributed by atoms with van der Waals surface area (Å²) in [4.78, 5) is 2.26. The zero-order valence-electron chi connectivity index (χ0n) is 12.0. The molecule has 0 bridgehead atoms. The predicted molar refractivity (Wildman–Crippen MR) is 88.4 cm³/mol. The molecule has 0 spiro atoms. The van der Waals surface area contributed by atoms with Gasteiger partial charge in [0.2, 0.25) is 0 Å². The Hall–Kier alpha value is -2.12. The fourth-order valence-electron chi connectivity index (χ4n) is 2.20. The van der Waals surface area contributed by atoms with Crippen LogP contribution in [0.3, 0.4) is 0 Å². The van der Waals surface area contributed by atoms with Crippen molar-refractivity contribution in [2.24, 2.45) is 0 Å². The third-order valence-corrected chi connectivity index (χ3v) is 3.17. The van der Waals surface area contributed by atoms with Gasteiger partial charge in [-0.1, -0.05) is 66.7 Å². The zero-order chi connectivity index (χ0) is 14.2. The number of hydrogen-bond acceptors (Lipinski definition) is 1. The Morgan fingerprint density at radius 1 is 1.00 bits per heavy atom. The van der Waals surface area contributed by atoms with Gasteiger partial charge in [-0.25, -0.2) is 0 Å². The Bertz CT molecular complexity index is 555. The van der Waals surface area contributed by atoms with Gasteiger partial charge in [-0.05, 0) is 29.8 Å². The molecular formula is C19H21N. The van der Waals surface area contributed by atoms with Crippen molar-refractivity contribution in [3.8, 4) is 0 Å². The van der Waals surface area contributed by atoms with Gasteiger partial charge in [-0.15, -0.1) is 6.58 Å². The standard InChI is InChI=1S/C19H21N/c1-3-14-20(2)16-19(18-12-8-5-9-13-18)15-17-10-6-4-7-11-17/h3-13,15H,1,14,16H2,2H3/b19-15+. The summed E-state index contributed by atoms with van der Waals surface area (Å²) in [6.07, 6.45) is 4.19. The summed E-state index contributed by atoms with van der Waals surface area (Å²) in [7, 11) is 2.11. The lowest BCUT2D eigenvalue weighted by Crippen LogP contribution is -2.20. The summed E-state index contributed by atoms with van der Waals surface area (Å²) >= 11 is 0. The van der Waals surface area contributed by atoms with Crippen molar-refractivity contribution in [2.45, 2.75) is 0 Å². The summed E-state index contributed by atoms with van der Waals surface area (Å²) in [6, 6.07) is 21.0. The largest absolute Gasteiger partial charge is 0.298 e. The summed E-state index contributed by atoms with van der Waals surface area (Å²) in [5.41, 5.74) is 3.83.